The van der Waals surface area contributed by atoms with Gasteiger partial charge in [-0.25, -0.2) is 9.51 Å². The summed E-state index contributed by atoms with van der Waals surface area (Å²) in [5.74, 6) is 0.731. The number of aromatic nitrogens is 2. The van der Waals surface area contributed by atoms with Crippen LogP contribution in [0.1, 0.15) is 5.89 Å². The van der Waals surface area contributed by atoms with E-state index in [9.17, 15) is 0 Å². The van der Waals surface area contributed by atoms with Gasteiger partial charge in [0.25, 0.3) is 0 Å². The molecule has 0 atom stereocenters. The fourth-order valence-corrected chi connectivity index (χ4v) is 0.249. The minimum absolute atomic E-state index is 0.731. The van der Waals surface area contributed by atoms with Gasteiger partial charge < -0.3 is 0 Å². The fraction of sp³-hybridized carbons (Fsp3) is 0.333. The van der Waals surface area contributed by atoms with E-state index in [1.165, 1.54) is 6.33 Å². The quantitative estimate of drug-likeness (QED) is 0.437. The molecule has 0 saturated heterocycles. The highest BCUT2D eigenvalue weighted by molar-refractivity contribution is 4.46. The van der Waals surface area contributed by atoms with Gasteiger partial charge in [-0.15, -0.1) is 0 Å². The molecule has 0 amide bonds. The third-order valence-corrected chi connectivity index (χ3v) is 0.510. The molecule has 32 valence electrons. The molecular formula is C3H5N2O+. The number of nitrogens with zero attached hydrogens (tertiary/aromatic N) is 1. The van der Waals surface area contributed by atoms with E-state index in [1.807, 2.05) is 0 Å². The second-order valence-corrected chi connectivity index (χ2v) is 1.03. The van der Waals surface area contributed by atoms with Crippen LogP contribution in [0.5, 0.6) is 0 Å². The van der Waals surface area contributed by atoms with E-state index in [0.717, 1.165) is 5.89 Å². The molecule has 1 heterocycles. The summed E-state index contributed by atoms with van der Waals surface area (Å²) in [6, 6.07) is 0. The molecule has 0 fully saturated rings. The van der Waals surface area contributed by atoms with Crippen LogP contribution in [0.2, 0.25) is 0 Å². The van der Waals surface area contributed by atoms with Gasteiger partial charge in [0, 0.05) is 6.92 Å². The van der Waals surface area contributed by atoms with E-state index in [1.54, 1.807) is 6.92 Å². The van der Waals surface area contributed by atoms with Crippen molar-refractivity contribution in [3.05, 3.63) is 12.2 Å². The van der Waals surface area contributed by atoms with Crippen molar-refractivity contribution in [3.8, 4) is 0 Å². The van der Waals surface area contributed by atoms with Gasteiger partial charge in [-0.1, -0.05) is 0 Å². The maximum atomic E-state index is 4.53. The Hall–Kier alpha value is -0.860. The highest BCUT2D eigenvalue weighted by atomic mass is 16.5. The first-order valence-electron chi connectivity index (χ1n) is 1.68. The van der Waals surface area contributed by atoms with Crippen molar-refractivity contribution < 1.29 is 9.51 Å². The smallest absolute Gasteiger partial charge is 0.219 e. The van der Waals surface area contributed by atoms with Gasteiger partial charge >= 0.3 is 12.2 Å². The number of aromatic amines is 1. The van der Waals surface area contributed by atoms with E-state index in [2.05, 4.69) is 14.7 Å². The molecule has 0 saturated carbocycles. The molecule has 6 heavy (non-hydrogen) atoms. The van der Waals surface area contributed by atoms with Crippen LogP contribution in [-0.2, 0) is 0 Å². The minimum Gasteiger partial charge on any atom is -0.219 e. The lowest BCUT2D eigenvalue weighted by Crippen LogP contribution is -1.96. The predicted octanol–water partition coefficient (Wildman–Crippen LogP) is -0.203. The van der Waals surface area contributed by atoms with Gasteiger partial charge in [-0.2, -0.15) is 0 Å². The lowest BCUT2D eigenvalue weighted by atomic mass is 10.8. The minimum atomic E-state index is 0.731. The van der Waals surface area contributed by atoms with Crippen LogP contribution in [0.25, 0.3) is 0 Å². The maximum Gasteiger partial charge on any atom is 0.334 e. The van der Waals surface area contributed by atoms with Crippen molar-refractivity contribution in [1.29, 1.82) is 0 Å². The van der Waals surface area contributed by atoms with E-state index in [0.29, 0.717) is 0 Å². The molecule has 1 aromatic rings. The Bertz CT molecular complexity index is 112. The molecule has 0 aromatic carbocycles. The largest absolute Gasteiger partial charge is 0.334 e. The maximum absolute atomic E-state index is 4.53. The molecule has 1 N–H and O–H groups in total. The molecule has 1 aromatic heterocycles. The Morgan fingerprint density at radius 2 is 2.83 bits per heavy atom. The van der Waals surface area contributed by atoms with Crippen molar-refractivity contribution in [2.75, 3.05) is 0 Å². The van der Waals surface area contributed by atoms with E-state index in [-0.39, 0.29) is 0 Å². The molecule has 3 nitrogen and oxygen atoms in total. The molecule has 0 unspecified atom stereocenters. The number of nitrogens with one attached hydrogen (secondary N) is 1. The summed E-state index contributed by atoms with van der Waals surface area (Å²) in [7, 11) is 0. The summed E-state index contributed by atoms with van der Waals surface area (Å²) in [6.07, 6.45) is 1.50. The molecule has 0 aliphatic carbocycles. The topological polar surface area (TPSA) is 40.2 Å². The van der Waals surface area contributed by atoms with Gasteiger partial charge in [0.1, 0.15) is 0 Å². The fourth-order valence-electron chi connectivity index (χ4n) is 0.249. The molecule has 0 radical (unpaired) electrons. The average molecular weight is 85.1 g/mol. The van der Waals surface area contributed by atoms with E-state index >= 15 is 0 Å². The first kappa shape index (κ1) is 3.33. The van der Waals surface area contributed by atoms with Crippen molar-refractivity contribution in [1.82, 2.24) is 5.16 Å². The van der Waals surface area contributed by atoms with E-state index < -0.39 is 0 Å². The Balaban J connectivity index is 3.05. The molecular weight excluding hydrogens is 80.0 g/mol. The SMILES string of the molecule is Cc1[nH+]cno1. The summed E-state index contributed by atoms with van der Waals surface area (Å²) in [5.41, 5.74) is 0. The lowest BCUT2D eigenvalue weighted by Gasteiger charge is -1.55. The van der Waals surface area contributed by atoms with Gasteiger partial charge in [-0.05, 0) is 0 Å². The number of hydrogen-bond donors (Lipinski definition) is 0. The second kappa shape index (κ2) is 1.08. The number of rotatable bonds is 0. The zero-order valence-corrected chi connectivity index (χ0v) is 3.43. The third-order valence-electron chi connectivity index (χ3n) is 0.510. The van der Waals surface area contributed by atoms with Crippen LogP contribution in [0.4, 0.5) is 0 Å². The van der Waals surface area contributed by atoms with Crippen LogP contribution in [0.3, 0.4) is 0 Å². The van der Waals surface area contributed by atoms with Crippen LogP contribution < -0.4 is 4.98 Å². The van der Waals surface area contributed by atoms with Gasteiger partial charge in [0.2, 0.25) is 0 Å². The Kier molecular flexibility index (Phi) is 0.602. The first-order chi connectivity index (χ1) is 2.89. The van der Waals surface area contributed by atoms with Crippen LogP contribution in [0.15, 0.2) is 10.9 Å². The van der Waals surface area contributed by atoms with Gasteiger partial charge in [0.05, 0.1) is 0 Å². The summed E-state index contributed by atoms with van der Waals surface area (Å²) >= 11 is 0. The summed E-state index contributed by atoms with van der Waals surface area (Å²) in [4.78, 5) is 2.72. The zero-order valence-electron chi connectivity index (χ0n) is 3.43. The van der Waals surface area contributed by atoms with E-state index in [4.69, 9.17) is 0 Å². The van der Waals surface area contributed by atoms with Crippen molar-refractivity contribution in [3.63, 3.8) is 0 Å². The molecule has 3 heteroatoms. The number of hydrogen-bond acceptors (Lipinski definition) is 2. The summed E-state index contributed by atoms with van der Waals surface area (Å²) in [6.45, 7) is 1.80. The zero-order chi connectivity index (χ0) is 4.41. The predicted molar refractivity (Wildman–Crippen MR) is 17.8 cm³/mol. The first-order valence-corrected chi connectivity index (χ1v) is 1.68. The molecule has 0 aliphatic rings. The van der Waals surface area contributed by atoms with Crippen molar-refractivity contribution >= 4 is 0 Å². The number of H-pyrrole nitrogens is 1. The summed E-state index contributed by atoms with van der Waals surface area (Å²) < 4.78 is 4.53. The summed E-state index contributed by atoms with van der Waals surface area (Å²) in [5, 5.41) is 3.39. The Labute approximate surface area is 35.0 Å². The standard InChI is InChI=1S/C3H4N2O/c1-3-4-2-5-6-3/h2H,1H3/p+1. The Morgan fingerprint density at radius 1 is 2.00 bits per heavy atom. The normalized spacial score (nSPS) is 8.83. The molecule has 1 rings (SSSR count). The second-order valence-electron chi connectivity index (χ2n) is 1.03. The van der Waals surface area contributed by atoms with Gasteiger partial charge in [0.15, 0.2) is 5.16 Å². The molecule has 0 spiro atoms. The number of aryl methyl sites for hydroxylation is 1. The van der Waals surface area contributed by atoms with Crippen molar-refractivity contribution in [2.45, 2.75) is 6.92 Å². The van der Waals surface area contributed by atoms with Gasteiger partial charge in [-0.3, -0.25) is 0 Å². The third kappa shape index (κ3) is 0.381. The molecule has 0 bridgehead atoms. The lowest BCUT2D eigenvalue weighted by molar-refractivity contribution is -0.394. The van der Waals surface area contributed by atoms with Crippen LogP contribution >= 0.6 is 0 Å². The van der Waals surface area contributed by atoms with Crippen molar-refractivity contribution in [2.24, 2.45) is 0 Å². The highest BCUT2D eigenvalue weighted by Gasteiger charge is 1.89. The van der Waals surface area contributed by atoms with Crippen LogP contribution in [0, 0.1) is 6.92 Å². The average Bonchev–Trinajstić information content (AvgIpc) is 1.86. The molecule has 0 aliphatic heterocycles. The van der Waals surface area contributed by atoms with Crippen LogP contribution in [-0.4, -0.2) is 5.16 Å². The Morgan fingerprint density at radius 3 is 3.00 bits per heavy atom. The highest BCUT2D eigenvalue weighted by Crippen LogP contribution is 1.73. The monoisotopic (exact) mass is 85.0 g/mol.